The van der Waals surface area contributed by atoms with E-state index in [-0.39, 0.29) is 38.6 Å². The third-order valence-electron chi connectivity index (χ3n) is 7.48. The Kier molecular flexibility index (Phi) is 31.3. The molecule has 9 nitrogen and oxygen atoms in total. The molecule has 2 atom stereocenters. The molecule has 0 heterocycles. The quantitative estimate of drug-likeness (QED) is 0.0300. The van der Waals surface area contributed by atoms with Crippen LogP contribution in [0.5, 0.6) is 0 Å². The minimum absolute atomic E-state index is 0.0500. The van der Waals surface area contributed by atoms with Crippen molar-refractivity contribution >= 4 is 19.8 Å². The van der Waals surface area contributed by atoms with Crippen molar-refractivity contribution in [3.05, 3.63) is 24.8 Å². The lowest BCUT2D eigenvalue weighted by molar-refractivity contribution is -0.161. The van der Waals surface area contributed by atoms with Crippen LogP contribution in [0, 0.1) is 0 Å². The summed E-state index contributed by atoms with van der Waals surface area (Å²) in [6.45, 7) is 5.14. The fraction of sp³-hybridized carbons (Fsp3) is 0.829. The number of phosphoric acid groups is 1. The Morgan fingerprint density at radius 2 is 1.24 bits per heavy atom. The van der Waals surface area contributed by atoms with Crippen LogP contribution in [-0.4, -0.2) is 49.3 Å². The zero-order chi connectivity index (χ0) is 33.3. The van der Waals surface area contributed by atoms with E-state index in [9.17, 15) is 19.0 Å². The topological polar surface area (TPSA) is 134 Å². The van der Waals surface area contributed by atoms with Gasteiger partial charge < -0.3 is 20.1 Å². The number of hydrogen-bond acceptors (Lipinski definition) is 8. The lowest BCUT2D eigenvalue weighted by atomic mass is 10.0. The number of esters is 2. The Balaban J connectivity index is 4.19. The maximum Gasteiger partial charge on any atom is 0.472 e. The molecule has 0 saturated heterocycles. The van der Waals surface area contributed by atoms with Crippen molar-refractivity contribution in [3.63, 3.8) is 0 Å². The van der Waals surface area contributed by atoms with Gasteiger partial charge in [-0.05, 0) is 32.1 Å². The molecule has 3 N–H and O–H groups in total. The van der Waals surface area contributed by atoms with E-state index in [0.717, 1.165) is 51.4 Å². The Morgan fingerprint density at radius 1 is 0.733 bits per heavy atom. The molecule has 264 valence electrons. The van der Waals surface area contributed by atoms with E-state index in [1.807, 2.05) is 6.08 Å². The van der Waals surface area contributed by atoms with Crippen LogP contribution < -0.4 is 5.73 Å². The summed E-state index contributed by atoms with van der Waals surface area (Å²) in [6.07, 6.45) is 29.7. The highest BCUT2D eigenvalue weighted by atomic mass is 31.2. The van der Waals surface area contributed by atoms with E-state index < -0.39 is 26.5 Å². The Morgan fingerprint density at radius 3 is 1.78 bits per heavy atom. The number of ether oxygens (including phenoxy) is 2. The van der Waals surface area contributed by atoms with Gasteiger partial charge in [0.05, 0.1) is 13.2 Å². The highest BCUT2D eigenvalue weighted by Gasteiger charge is 2.25. The molecule has 0 aromatic carbocycles. The van der Waals surface area contributed by atoms with E-state index in [1.165, 1.54) is 77.0 Å². The molecule has 0 fully saturated rings. The number of carbonyl (C=O) groups excluding carboxylic acids is 2. The van der Waals surface area contributed by atoms with Crippen molar-refractivity contribution in [3.8, 4) is 0 Å². The molecule has 1 unspecified atom stereocenters. The smallest absolute Gasteiger partial charge is 0.462 e. The van der Waals surface area contributed by atoms with Gasteiger partial charge in [-0.1, -0.05) is 128 Å². The minimum atomic E-state index is -4.37. The van der Waals surface area contributed by atoms with Crippen LogP contribution >= 0.6 is 7.82 Å². The molecule has 0 amide bonds. The summed E-state index contributed by atoms with van der Waals surface area (Å²) in [5.41, 5.74) is 5.31. The summed E-state index contributed by atoms with van der Waals surface area (Å²) in [5, 5.41) is 0. The van der Waals surface area contributed by atoms with Gasteiger partial charge in [0.15, 0.2) is 6.10 Å². The summed E-state index contributed by atoms with van der Waals surface area (Å²) in [7, 11) is -4.37. The number of carbonyl (C=O) groups is 2. The molecule has 0 aliphatic carbocycles. The van der Waals surface area contributed by atoms with Crippen molar-refractivity contribution in [2.75, 3.05) is 26.4 Å². The predicted molar refractivity (Wildman–Crippen MR) is 183 cm³/mol. The lowest BCUT2D eigenvalue weighted by Gasteiger charge is -2.19. The maximum atomic E-state index is 12.4. The number of allylic oxidation sites excluding steroid dienone is 3. The van der Waals surface area contributed by atoms with Gasteiger partial charge in [0.2, 0.25) is 0 Å². The fourth-order valence-electron chi connectivity index (χ4n) is 4.84. The molecule has 10 heteroatoms. The van der Waals surface area contributed by atoms with Gasteiger partial charge in [0, 0.05) is 19.4 Å². The van der Waals surface area contributed by atoms with Crippen LogP contribution in [0.3, 0.4) is 0 Å². The normalized spacial score (nSPS) is 13.5. The third kappa shape index (κ3) is 32.2. The SMILES string of the molecule is C=CC/C=C/CCCCCCC(=O)O[C@H](COC(=O)CCCCCCCCCCCCCCCCC)COP(=O)(O)OCCN. The van der Waals surface area contributed by atoms with Gasteiger partial charge in [0.1, 0.15) is 6.61 Å². The van der Waals surface area contributed by atoms with Crippen molar-refractivity contribution in [1.82, 2.24) is 0 Å². The van der Waals surface area contributed by atoms with E-state index in [4.69, 9.17) is 24.3 Å². The number of rotatable bonds is 34. The zero-order valence-electron chi connectivity index (χ0n) is 28.4. The first-order valence-corrected chi connectivity index (χ1v) is 19.3. The second-order valence-electron chi connectivity index (χ2n) is 11.8. The highest BCUT2D eigenvalue weighted by Crippen LogP contribution is 2.43. The van der Waals surface area contributed by atoms with Gasteiger partial charge in [-0.3, -0.25) is 18.6 Å². The van der Waals surface area contributed by atoms with Crippen LogP contribution in [0.25, 0.3) is 0 Å². The van der Waals surface area contributed by atoms with Crippen molar-refractivity contribution in [2.24, 2.45) is 5.73 Å². The van der Waals surface area contributed by atoms with E-state index in [0.29, 0.717) is 6.42 Å². The average molecular weight is 660 g/mol. The Hall–Kier alpha value is -1.51. The molecule has 0 rings (SSSR count). The maximum absolute atomic E-state index is 12.4. The number of nitrogens with two attached hydrogens (primary N) is 1. The lowest BCUT2D eigenvalue weighted by Crippen LogP contribution is -2.29. The largest absolute Gasteiger partial charge is 0.472 e. The molecule has 0 radical (unpaired) electrons. The first kappa shape index (κ1) is 43.5. The standard InChI is InChI=1S/C35H66NO8P/c1-3-5-7-9-11-13-14-15-16-17-18-20-21-23-25-27-34(37)41-31-33(32-43-45(39,40)42-30-29-36)44-35(38)28-26-24-22-19-12-10-8-6-4-2/h4,8,10,33H,2-3,5-7,9,11-32,36H2,1H3,(H,39,40)/b10-8+/t33-/m1/s1. The average Bonchev–Trinajstić information content (AvgIpc) is 3.02. The summed E-state index contributed by atoms with van der Waals surface area (Å²) < 4.78 is 32.5. The highest BCUT2D eigenvalue weighted by molar-refractivity contribution is 7.47. The van der Waals surface area contributed by atoms with E-state index in [1.54, 1.807) is 0 Å². The Labute approximate surface area is 274 Å². The van der Waals surface area contributed by atoms with Crippen molar-refractivity contribution < 1.29 is 37.6 Å². The summed E-state index contributed by atoms with van der Waals surface area (Å²) in [6, 6.07) is 0. The van der Waals surface area contributed by atoms with Gasteiger partial charge in [0.25, 0.3) is 0 Å². The molecule has 0 aromatic heterocycles. The fourth-order valence-corrected chi connectivity index (χ4v) is 5.60. The molecule has 0 spiro atoms. The molecule has 0 bridgehead atoms. The molecule has 0 saturated carbocycles. The monoisotopic (exact) mass is 659 g/mol. The minimum Gasteiger partial charge on any atom is -0.462 e. The first-order valence-electron chi connectivity index (χ1n) is 17.8. The van der Waals surface area contributed by atoms with Gasteiger partial charge in [-0.25, -0.2) is 4.57 Å². The van der Waals surface area contributed by atoms with Gasteiger partial charge in [-0.2, -0.15) is 0 Å². The van der Waals surface area contributed by atoms with Crippen molar-refractivity contribution in [2.45, 2.75) is 161 Å². The molecular formula is C35H66NO8P. The van der Waals surface area contributed by atoms with Crippen LogP contribution in [0.4, 0.5) is 0 Å². The molecule has 0 aliphatic rings. The van der Waals surface area contributed by atoms with E-state index in [2.05, 4.69) is 25.7 Å². The molecular weight excluding hydrogens is 593 g/mol. The van der Waals surface area contributed by atoms with Gasteiger partial charge >= 0.3 is 19.8 Å². The third-order valence-corrected chi connectivity index (χ3v) is 8.46. The molecule has 0 aromatic rings. The van der Waals surface area contributed by atoms with Crippen LogP contribution in [0.1, 0.15) is 155 Å². The number of unbranched alkanes of at least 4 members (excludes halogenated alkanes) is 18. The van der Waals surface area contributed by atoms with Crippen molar-refractivity contribution in [1.29, 1.82) is 0 Å². The molecule has 0 aliphatic heterocycles. The summed E-state index contributed by atoms with van der Waals surface area (Å²) >= 11 is 0. The number of hydrogen-bond donors (Lipinski definition) is 2. The number of phosphoric ester groups is 1. The summed E-state index contributed by atoms with van der Waals surface area (Å²) in [4.78, 5) is 34.5. The second kappa shape index (κ2) is 32.4. The summed E-state index contributed by atoms with van der Waals surface area (Å²) in [5.74, 6) is -0.858. The van der Waals surface area contributed by atoms with E-state index >= 15 is 0 Å². The molecule has 45 heavy (non-hydrogen) atoms. The van der Waals surface area contributed by atoms with Crippen LogP contribution in [0.15, 0.2) is 24.8 Å². The van der Waals surface area contributed by atoms with Crippen LogP contribution in [-0.2, 0) is 32.7 Å². The van der Waals surface area contributed by atoms with Crippen LogP contribution in [0.2, 0.25) is 0 Å². The van der Waals surface area contributed by atoms with Gasteiger partial charge in [-0.15, -0.1) is 6.58 Å². The second-order valence-corrected chi connectivity index (χ2v) is 13.3. The Bertz CT molecular complexity index is 792. The zero-order valence-corrected chi connectivity index (χ0v) is 29.3. The predicted octanol–water partition coefficient (Wildman–Crippen LogP) is 9.27. The first-order chi connectivity index (χ1) is 21.8.